The minimum Gasteiger partial charge on any atom is -0.484 e. The van der Waals surface area contributed by atoms with E-state index in [2.05, 4.69) is 30.3 Å². The van der Waals surface area contributed by atoms with Gasteiger partial charge in [-0.3, -0.25) is 9.48 Å². The highest BCUT2D eigenvalue weighted by atomic mass is 16.5. The van der Waals surface area contributed by atoms with Crippen molar-refractivity contribution in [2.45, 2.75) is 26.7 Å². The fraction of sp³-hybridized carbons (Fsp3) is 0.375. The number of anilines is 1. The predicted octanol–water partition coefficient (Wildman–Crippen LogP) is 2.87. The summed E-state index contributed by atoms with van der Waals surface area (Å²) in [5, 5.41) is 6.95. The summed E-state index contributed by atoms with van der Waals surface area (Å²) in [7, 11) is 1.79. The third kappa shape index (κ3) is 4.08. The molecule has 0 aliphatic heterocycles. The molecule has 1 N–H and O–H groups in total. The van der Waals surface area contributed by atoms with E-state index in [0.29, 0.717) is 17.5 Å². The second-order valence-electron chi connectivity index (χ2n) is 5.36. The summed E-state index contributed by atoms with van der Waals surface area (Å²) in [5.41, 5.74) is 2.05. The number of aromatic nitrogens is 2. The van der Waals surface area contributed by atoms with Crippen LogP contribution in [0.2, 0.25) is 0 Å². The van der Waals surface area contributed by atoms with Crippen LogP contribution in [-0.2, 0) is 11.8 Å². The summed E-state index contributed by atoms with van der Waals surface area (Å²) >= 11 is 0. The normalized spacial score (nSPS) is 10.7. The fourth-order valence-electron chi connectivity index (χ4n) is 2.02. The molecule has 0 fully saturated rings. The first-order valence-electron chi connectivity index (χ1n) is 6.99. The molecule has 1 amide bonds. The quantitative estimate of drug-likeness (QED) is 0.920. The lowest BCUT2D eigenvalue weighted by molar-refractivity contribution is -0.118. The zero-order chi connectivity index (χ0) is 15.4. The molecule has 1 heterocycles. The maximum Gasteiger partial charge on any atom is 0.263 e. The van der Waals surface area contributed by atoms with Crippen LogP contribution < -0.4 is 10.1 Å². The average Bonchev–Trinajstić information content (AvgIpc) is 2.75. The van der Waals surface area contributed by atoms with E-state index < -0.39 is 0 Å². The van der Waals surface area contributed by atoms with Crippen LogP contribution in [0.4, 0.5) is 5.82 Å². The maximum atomic E-state index is 11.9. The molecule has 0 atom stereocenters. The molecule has 0 spiro atoms. The first-order chi connectivity index (χ1) is 9.95. The lowest BCUT2D eigenvalue weighted by Crippen LogP contribution is -2.21. The van der Waals surface area contributed by atoms with E-state index >= 15 is 0 Å². The molecule has 5 heteroatoms. The van der Waals surface area contributed by atoms with Crippen molar-refractivity contribution in [1.29, 1.82) is 0 Å². The van der Waals surface area contributed by atoms with Crippen molar-refractivity contribution in [1.82, 2.24) is 9.78 Å². The summed E-state index contributed by atoms with van der Waals surface area (Å²) < 4.78 is 7.17. The number of carbonyl (C=O) groups is 1. The number of rotatable bonds is 5. The van der Waals surface area contributed by atoms with Crippen molar-refractivity contribution in [3.63, 3.8) is 0 Å². The van der Waals surface area contributed by atoms with Gasteiger partial charge < -0.3 is 10.1 Å². The molecule has 0 saturated heterocycles. The average molecular weight is 287 g/mol. The summed E-state index contributed by atoms with van der Waals surface area (Å²) in [6, 6.07) is 9.62. The highest BCUT2D eigenvalue weighted by Crippen LogP contribution is 2.20. The number of nitrogens with zero attached hydrogens (tertiary/aromatic N) is 2. The summed E-state index contributed by atoms with van der Waals surface area (Å²) in [6.07, 6.45) is 0. The third-order valence-corrected chi connectivity index (χ3v) is 3.16. The van der Waals surface area contributed by atoms with Crippen molar-refractivity contribution < 1.29 is 9.53 Å². The minimum absolute atomic E-state index is 0.0220. The van der Waals surface area contributed by atoms with Crippen molar-refractivity contribution in [2.24, 2.45) is 7.05 Å². The SMILES string of the molecule is Cc1cc(NC(=O)COc2cccc(C(C)C)c2)n(C)n1. The molecule has 0 aliphatic rings. The van der Waals surface area contributed by atoms with Gasteiger partial charge >= 0.3 is 0 Å². The van der Waals surface area contributed by atoms with Crippen LogP contribution in [0.3, 0.4) is 0 Å². The number of amides is 1. The van der Waals surface area contributed by atoms with Gasteiger partial charge in [-0.25, -0.2) is 0 Å². The molecular weight excluding hydrogens is 266 g/mol. The van der Waals surface area contributed by atoms with Crippen LogP contribution in [0, 0.1) is 6.92 Å². The van der Waals surface area contributed by atoms with Crippen LogP contribution in [0.5, 0.6) is 5.75 Å². The minimum atomic E-state index is -0.201. The standard InChI is InChI=1S/C16H21N3O2/c1-11(2)13-6-5-7-14(9-13)21-10-16(20)17-15-8-12(3)18-19(15)4/h5-9,11H,10H2,1-4H3,(H,17,20). The Hall–Kier alpha value is -2.30. The highest BCUT2D eigenvalue weighted by molar-refractivity contribution is 5.91. The van der Waals surface area contributed by atoms with Crippen LogP contribution in [0.15, 0.2) is 30.3 Å². The van der Waals surface area contributed by atoms with Gasteiger partial charge in [-0.1, -0.05) is 26.0 Å². The number of hydrogen-bond donors (Lipinski definition) is 1. The zero-order valence-corrected chi connectivity index (χ0v) is 12.9. The summed E-state index contributed by atoms with van der Waals surface area (Å²) in [6.45, 7) is 6.10. The highest BCUT2D eigenvalue weighted by Gasteiger charge is 2.08. The number of ether oxygens (including phenoxy) is 1. The molecule has 0 saturated carbocycles. The molecule has 1 aromatic carbocycles. The Morgan fingerprint density at radius 1 is 1.38 bits per heavy atom. The smallest absolute Gasteiger partial charge is 0.263 e. The fourth-order valence-corrected chi connectivity index (χ4v) is 2.02. The summed E-state index contributed by atoms with van der Waals surface area (Å²) in [4.78, 5) is 11.9. The monoisotopic (exact) mass is 287 g/mol. The van der Waals surface area contributed by atoms with Gasteiger partial charge in [-0.2, -0.15) is 5.10 Å². The van der Waals surface area contributed by atoms with E-state index in [-0.39, 0.29) is 12.5 Å². The van der Waals surface area contributed by atoms with E-state index in [1.807, 2.05) is 31.2 Å². The van der Waals surface area contributed by atoms with Gasteiger partial charge in [0.15, 0.2) is 6.61 Å². The Labute approximate surface area is 124 Å². The zero-order valence-electron chi connectivity index (χ0n) is 12.9. The Morgan fingerprint density at radius 2 is 2.14 bits per heavy atom. The van der Waals surface area contributed by atoms with Crippen molar-refractivity contribution in [3.05, 3.63) is 41.6 Å². The van der Waals surface area contributed by atoms with E-state index in [4.69, 9.17) is 4.74 Å². The van der Waals surface area contributed by atoms with E-state index in [1.54, 1.807) is 11.7 Å². The molecule has 2 rings (SSSR count). The molecule has 21 heavy (non-hydrogen) atoms. The van der Waals surface area contributed by atoms with Gasteiger partial charge in [0.05, 0.1) is 5.69 Å². The lowest BCUT2D eigenvalue weighted by Gasteiger charge is -2.10. The molecule has 0 unspecified atom stereocenters. The molecule has 0 radical (unpaired) electrons. The van der Waals surface area contributed by atoms with Gasteiger partial charge in [-0.15, -0.1) is 0 Å². The van der Waals surface area contributed by atoms with Crippen molar-refractivity contribution in [3.8, 4) is 5.75 Å². The Morgan fingerprint density at radius 3 is 2.76 bits per heavy atom. The van der Waals surface area contributed by atoms with Gasteiger partial charge in [0, 0.05) is 13.1 Å². The first-order valence-corrected chi connectivity index (χ1v) is 6.99. The van der Waals surface area contributed by atoms with E-state index in [1.165, 1.54) is 5.56 Å². The van der Waals surface area contributed by atoms with Crippen LogP contribution in [0.25, 0.3) is 0 Å². The first kappa shape index (κ1) is 15.1. The number of aryl methyl sites for hydroxylation is 2. The molecule has 0 aliphatic carbocycles. The van der Waals surface area contributed by atoms with E-state index in [9.17, 15) is 4.79 Å². The molecule has 0 bridgehead atoms. The van der Waals surface area contributed by atoms with Gasteiger partial charge in [0.1, 0.15) is 11.6 Å². The Bertz CT molecular complexity index is 632. The second kappa shape index (κ2) is 6.43. The van der Waals surface area contributed by atoms with Gasteiger partial charge in [0.2, 0.25) is 0 Å². The summed E-state index contributed by atoms with van der Waals surface area (Å²) in [5.74, 6) is 1.60. The largest absolute Gasteiger partial charge is 0.484 e. The van der Waals surface area contributed by atoms with Crippen molar-refractivity contribution >= 4 is 11.7 Å². The number of benzene rings is 1. The topological polar surface area (TPSA) is 56.1 Å². The third-order valence-electron chi connectivity index (χ3n) is 3.16. The number of hydrogen-bond acceptors (Lipinski definition) is 3. The molecule has 112 valence electrons. The molecular formula is C16H21N3O2. The Balaban J connectivity index is 1.92. The molecule has 2 aromatic rings. The van der Waals surface area contributed by atoms with Crippen LogP contribution in [-0.4, -0.2) is 22.3 Å². The number of carbonyl (C=O) groups excluding carboxylic acids is 1. The molecule has 5 nitrogen and oxygen atoms in total. The van der Waals surface area contributed by atoms with Crippen LogP contribution >= 0.6 is 0 Å². The van der Waals surface area contributed by atoms with E-state index in [0.717, 1.165) is 5.69 Å². The van der Waals surface area contributed by atoms with Crippen LogP contribution in [0.1, 0.15) is 31.0 Å². The second-order valence-corrected chi connectivity index (χ2v) is 5.36. The molecule has 1 aromatic heterocycles. The maximum absolute atomic E-state index is 11.9. The predicted molar refractivity (Wildman–Crippen MR) is 82.6 cm³/mol. The van der Waals surface area contributed by atoms with Gasteiger partial charge in [-0.05, 0) is 30.5 Å². The van der Waals surface area contributed by atoms with Crippen molar-refractivity contribution in [2.75, 3.05) is 11.9 Å². The number of nitrogens with one attached hydrogen (secondary N) is 1. The van der Waals surface area contributed by atoms with Gasteiger partial charge in [0.25, 0.3) is 5.91 Å². The Kier molecular flexibility index (Phi) is 4.62. The lowest BCUT2D eigenvalue weighted by atomic mass is 10.0.